The highest BCUT2D eigenvalue weighted by molar-refractivity contribution is 7.91. The van der Waals surface area contributed by atoms with E-state index in [1.807, 2.05) is 5.43 Å². The summed E-state index contributed by atoms with van der Waals surface area (Å²) in [7, 11) is -7.60. The number of carbonyl (C=O) groups is 1. The Morgan fingerprint density at radius 1 is 1.36 bits per heavy atom. The second kappa shape index (κ2) is 6.11. The van der Waals surface area contributed by atoms with Crippen LogP contribution in [0.15, 0.2) is 23.1 Å². The average molecular weight is 371 g/mol. The zero-order chi connectivity index (χ0) is 16.5. The summed E-state index contributed by atoms with van der Waals surface area (Å²) in [6, 6.07) is 2.96. The smallest absolute Gasteiger partial charge is 0.260 e. The number of benzene rings is 1. The van der Waals surface area contributed by atoms with Gasteiger partial charge in [0.1, 0.15) is 10.7 Å². The summed E-state index contributed by atoms with van der Waals surface area (Å²) >= 11 is 5.53. The average Bonchev–Trinajstić information content (AvgIpc) is 2.76. The lowest BCUT2D eigenvalue weighted by atomic mass is 10.1. The lowest BCUT2D eigenvalue weighted by molar-refractivity contribution is -0.124. The molecule has 0 saturated carbocycles. The Hall–Kier alpha value is -1.23. The zero-order valence-corrected chi connectivity index (χ0v) is 13.4. The minimum absolute atomic E-state index is 0.0247. The number of hydrogen-bond donors (Lipinski definition) is 2. The third-order valence-electron chi connectivity index (χ3n) is 3.10. The molecule has 0 aromatic heterocycles. The first-order valence-electron chi connectivity index (χ1n) is 6.08. The van der Waals surface area contributed by atoms with Gasteiger partial charge in [-0.3, -0.25) is 10.2 Å². The molecule has 0 aliphatic carbocycles. The van der Waals surface area contributed by atoms with Crippen LogP contribution in [0, 0.1) is 11.7 Å². The molecule has 1 aliphatic rings. The van der Waals surface area contributed by atoms with E-state index in [4.69, 9.17) is 11.6 Å². The molecule has 2 N–H and O–H groups in total. The Morgan fingerprint density at radius 2 is 2.05 bits per heavy atom. The molecule has 1 saturated heterocycles. The Balaban J connectivity index is 2.05. The van der Waals surface area contributed by atoms with Gasteiger partial charge >= 0.3 is 0 Å². The van der Waals surface area contributed by atoms with Crippen LogP contribution in [-0.4, -0.2) is 34.2 Å². The zero-order valence-electron chi connectivity index (χ0n) is 11.0. The molecule has 1 heterocycles. The van der Waals surface area contributed by atoms with E-state index in [9.17, 15) is 26.0 Å². The van der Waals surface area contributed by atoms with Crippen molar-refractivity contribution < 1.29 is 26.0 Å². The highest BCUT2D eigenvalue weighted by Gasteiger charge is 2.33. The van der Waals surface area contributed by atoms with Crippen molar-refractivity contribution in [3.63, 3.8) is 0 Å². The van der Waals surface area contributed by atoms with Gasteiger partial charge in [-0.25, -0.2) is 21.2 Å². The van der Waals surface area contributed by atoms with Gasteiger partial charge in [-0.1, -0.05) is 11.6 Å². The Morgan fingerprint density at radius 3 is 2.59 bits per heavy atom. The van der Waals surface area contributed by atoms with Crippen LogP contribution in [0.1, 0.15) is 6.42 Å². The molecule has 1 fully saturated rings. The minimum Gasteiger partial charge on any atom is -0.277 e. The van der Waals surface area contributed by atoms with Crippen LogP contribution in [-0.2, 0) is 24.7 Å². The summed E-state index contributed by atoms with van der Waals surface area (Å²) < 4.78 is 59.9. The normalized spacial score (nSPS) is 20.7. The number of amides is 1. The van der Waals surface area contributed by atoms with Crippen LogP contribution < -0.4 is 10.3 Å². The molecule has 0 spiro atoms. The van der Waals surface area contributed by atoms with Gasteiger partial charge in [0.15, 0.2) is 9.84 Å². The van der Waals surface area contributed by atoms with Crippen molar-refractivity contribution in [2.45, 2.75) is 11.3 Å². The number of nitrogens with one attached hydrogen (secondary N) is 2. The first-order valence-corrected chi connectivity index (χ1v) is 9.76. The predicted octanol–water partition coefficient (Wildman–Crippen LogP) is 0.223. The van der Waals surface area contributed by atoms with Crippen LogP contribution in [0.3, 0.4) is 0 Å². The first kappa shape index (κ1) is 17.1. The molecule has 1 atom stereocenters. The van der Waals surface area contributed by atoms with Crippen molar-refractivity contribution in [1.82, 2.24) is 10.3 Å². The summed E-state index contributed by atoms with van der Waals surface area (Å²) in [6.45, 7) is 0. The molecule has 0 unspecified atom stereocenters. The summed E-state index contributed by atoms with van der Waals surface area (Å²) in [6.07, 6.45) is 0.116. The Kier molecular flexibility index (Phi) is 4.76. The van der Waals surface area contributed by atoms with E-state index in [-0.39, 0.29) is 22.9 Å². The van der Waals surface area contributed by atoms with Crippen LogP contribution >= 0.6 is 11.6 Å². The molecule has 7 nitrogen and oxygen atoms in total. The van der Waals surface area contributed by atoms with Crippen molar-refractivity contribution in [2.75, 3.05) is 11.5 Å². The fourth-order valence-electron chi connectivity index (χ4n) is 1.97. The first-order chi connectivity index (χ1) is 10.1. The van der Waals surface area contributed by atoms with Crippen LogP contribution in [0.5, 0.6) is 0 Å². The molecule has 11 heteroatoms. The third kappa shape index (κ3) is 3.94. The lowest BCUT2D eigenvalue weighted by Gasteiger charge is -2.11. The predicted molar refractivity (Wildman–Crippen MR) is 76.6 cm³/mol. The van der Waals surface area contributed by atoms with Crippen molar-refractivity contribution in [3.05, 3.63) is 29.0 Å². The standard InChI is InChI=1S/C11H12ClFN2O5S2/c12-8-1-2-10(9(13)5-8)22(19,20)15-14-11(16)7-3-4-21(17,18)6-7/h1-2,5,7,15H,3-4,6H2,(H,14,16)/t7-/m1/s1. The quantitative estimate of drug-likeness (QED) is 0.737. The van der Waals surface area contributed by atoms with Gasteiger partial charge in [-0.2, -0.15) is 0 Å². The van der Waals surface area contributed by atoms with Crippen molar-refractivity contribution in [3.8, 4) is 0 Å². The minimum atomic E-state index is -4.33. The number of halogens is 2. The van der Waals surface area contributed by atoms with E-state index in [0.717, 1.165) is 12.1 Å². The van der Waals surface area contributed by atoms with Gasteiger partial charge in [0.05, 0.1) is 17.4 Å². The van der Waals surface area contributed by atoms with Gasteiger partial charge in [-0.15, -0.1) is 4.83 Å². The number of hydrogen-bond acceptors (Lipinski definition) is 5. The SMILES string of the molecule is O=C(NNS(=O)(=O)c1ccc(Cl)cc1F)[C@@H]1CCS(=O)(=O)C1. The maximum Gasteiger partial charge on any atom is 0.260 e. The fraction of sp³-hybridized carbons (Fsp3) is 0.364. The van der Waals surface area contributed by atoms with E-state index >= 15 is 0 Å². The van der Waals surface area contributed by atoms with Gasteiger partial charge in [0.25, 0.3) is 10.0 Å². The number of hydrazine groups is 1. The second-order valence-corrected chi connectivity index (χ2v) is 9.09. The second-order valence-electron chi connectivity index (χ2n) is 4.77. The van der Waals surface area contributed by atoms with E-state index in [1.54, 1.807) is 4.83 Å². The molecule has 0 bridgehead atoms. The molecule has 1 aromatic rings. The topological polar surface area (TPSA) is 109 Å². The van der Waals surface area contributed by atoms with Crippen molar-refractivity contribution in [2.24, 2.45) is 5.92 Å². The van der Waals surface area contributed by atoms with E-state index in [0.29, 0.717) is 0 Å². The molecule has 2 rings (SSSR count). The van der Waals surface area contributed by atoms with Gasteiger partial charge in [0.2, 0.25) is 5.91 Å². The van der Waals surface area contributed by atoms with Gasteiger partial charge in [0, 0.05) is 5.02 Å². The van der Waals surface area contributed by atoms with Crippen LogP contribution in [0.25, 0.3) is 0 Å². The van der Waals surface area contributed by atoms with Crippen molar-refractivity contribution >= 4 is 37.4 Å². The van der Waals surface area contributed by atoms with Crippen molar-refractivity contribution in [1.29, 1.82) is 0 Å². The monoisotopic (exact) mass is 370 g/mol. The molecule has 122 valence electrons. The molecule has 0 radical (unpaired) electrons. The third-order valence-corrected chi connectivity index (χ3v) is 6.38. The molecule has 22 heavy (non-hydrogen) atoms. The molecular formula is C11H12ClFN2O5S2. The number of carbonyl (C=O) groups excluding carboxylic acids is 1. The Bertz CT molecular complexity index is 810. The molecule has 1 aromatic carbocycles. The maximum atomic E-state index is 13.6. The fourth-order valence-corrected chi connectivity index (χ4v) is 4.78. The molecule has 1 amide bonds. The van der Waals surface area contributed by atoms with E-state index in [2.05, 4.69) is 0 Å². The number of sulfone groups is 1. The van der Waals surface area contributed by atoms with Gasteiger partial charge < -0.3 is 0 Å². The summed E-state index contributed by atoms with van der Waals surface area (Å²) in [5, 5.41) is 0.0247. The Labute approximate surface area is 131 Å². The van der Waals surface area contributed by atoms with Crippen LogP contribution in [0.2, 0.25) is 5.02 Å². The lowest BCUT2D eigenvalue weighted by Crippen LogP contribution is -2.44. The van der Waals surface area contributed by atoms with E-state index in [1.165, 1.54) is 6.07 Å². The highest BCUT2D eigenvalue weighted by Crippen LogP contribution is 2.20. The van der Waals surface area contributed by atoms with Gasteiger partial charge in [-0.05, 0) is 24.6 Å². The number of rotatable bonds is 4. The largest absolute Gasteiger partial charge is 0.277 e. The van der Waals surface area contributed by atoms with Crippen LogP contribution in [0.4, 0.5) is 4.39 Å². The summed E-state index contributed by atoms with van der Waals surface area (Å²) in [5.41, 5.74) is 1.90. The highest BCUT2D eigenvalue weighted by atomic mass is 35.5. The summed E-state index contributed by atoms with van der Waals surface area (Å²) in [5.74, 6) is -3.14. The number of sulfonamides is 1. The maximum absolute atomic E-state index is 13.6. The molecule has 1 aliphatic heterocycles. The summed E-state index contributed by atoms with van der Waals surface area (Å²) in [4.78, 5) is 12.8. The van der Waals surface area contributed by atoms with E-state index < -0.39 is 42.4 Å². The molecular weight excluding hydrogens is 359 g/mol.